The van der Waals surface area contributed by atoms with E-state index in [2.05, 4.69) is 5.32 Å². The molecule has 5 heteroatoms. The molecule has 5 nitrogen and oxygen atoms in total. The van der Waals surface area contributed by atoms with E-state index in [1.54, 1.807) is 0 Å². The summed E-state index contributed by atoms with van der Waals surface area (Å²) in [5, 5.41) is 19.5. The monoisotopic (exact) mass is 163 g/mol. The summed E-state index contributed by atoms with van der Waals surface area (Å²) in [5.41, 5.74) is 0. The van der Waals surface area contributed by atoms with Gasteiger partial charge in [-0.1, -0.05) is 0 Å². The molecular weight excluding hydrogens is 150 g/mol. The van der Waals surface area contributed by atoms with Crippen molar-refractivity contribution in [3.8, 4) is 0 Å². The van der Waals surface area contributed by atoms with Gasteiger partial charge >= 0.3 is 5.97 Å². The van der Waals surface area contributed by atoms with Crippen molar-refractivity contribution in [2.24, 2.45) is 0 Å². The Balaban J connectivity index is 3.43. The first kappa shape index (κ1) is 10.3. The normalized spacial score (nSPS) is 12.9. The highest BCUT2D eigenvalue weighted by molar-refractivity contribution is 5.69. The van der Waals surface area contributed by atoms with Crippen molar-refractivity contribution in [3.63, 3.8) is 0 Å². The van der Waals surface area contributed by atoms with Crippen LogP contribution in [0.4, 0.5) is 0 Å². The van der Waals surface area contributed by atoms with Crippen molar-refractivity contribution >= 4 is 5.97 Å². The third-order valence-electron chi connectivity index (χ3n) is 1.13. The van der Waals surface area contributed by atoms with E-state index in [0.717, 1.165) is 0 Å². The van der Waals surface area contributed by atoms with Crippen molar-refractivity contribution in [1.29, 1.82) is 0 Å². The Morgan fingerprint density at radius 3 is 2.73 bits per heavy atom. The highest BCUT2D eigenvalue weighted by Crippen LogP contribution is 1.81. The topological polar surface area (TPSA) is 78.8 Å². The van der Waals surface area contributed by atoms with Crippen LogP contribution >= 0.6 is 0 Å². The van der Waals surface area contributed by atoms with Crippen molar-refractivity contribution in [2.45, 2.75) is 6.04 Å². The fourth-order valence-electron chi connectivity index (χ4n) is 0.609. The molecule has 11 heavy (non-hydrogen) atoms. The number of carboxylic acids is 1. The Labute approximate surface area is 65.0 Å². The van der Waals surface area contributed by atoms with Crippen LogP contribution in [0, 0.1) is 0 Å². The molecule has 66 valence electrons. The summed E-state index contributed by atoms with van der Waals surface area (Å²) in [6, 6.07) is -0.295. The summed E-state index contributed by atoms with van der Waals surface area (Å²) in [4.78, 5) is 10.0. The van der Waals surface area contributed by atoms with E-state index in [1.807, 2.05) is 0 Å². The number of hydrogen-bond acceptors (Lipinski definition) is 4. The summed E-state index contributed by atoms with van der Waals surface area (Å²) in [6.45, 7) is 0.0273. The van der Waals surface area contributed by atoms with Crippen molar-refractivity contribution in [2.75, 3.05) is 26.9 Å². The number of aliphatic hydroxyl groups excluding tert-OH is 1. The van der Waals surface area contributed by atoms with Crippen LogP contribution < -0.4 is 5.32 Å². The van der Waals surface area contributed by atoms with E-state index in [-0.39, 0.29) is 19.2 Å². The van der Waals surface area contributed by atoms with E-state index in [9.17, 15) is 4.79 Å². The standard InChI is InChI=1S/C6H13NO4/c1-11-4-5(3-8)7-2-6(9)10/h5,7-8H,2-4H2,1H3,(H,9,10). The van der Waals surface area contributed by atoms with Gasteiger partial charge in [0.25, 0.3) is 0 Å². The van der Waals surface area contributed by atoms with Crippen LogP contribution in [-0.2, 0) is 9.53 Å². The number of aliphatic carboxylic acids is 1. The molecule has 0 aliphatic carbocycles. The molecule has 1 atom stereocenters. The Bertz CT molecular complexity index is 117. The molecule has 0 fully saturated rings. The minimum Gasteiger partial charge on any atom is -0.480 e. The summed E-state index contributed by atoms with van der Waals surface area (Å²) in [5.74, 6) is -0.945. The first-order chi connectivity index (χ1) is 5.20. The average Bonchev–Trinajstić information content (AvgIpc) is 1.97. The Morgan fingerprint density at radius 2 is 2.36 bits per heavy atom. The molecule has 0 radical (unpaired) electrons. The molecule has 0 aliphatic heterocycles. The maximum absolute atomic E-state index is 10.0. The summed E-state index contributed by atoms with van der Waals surface area (Å²) < 4.78 is 4.71. The minimum atomic E-state index is -0.945. The molecule has 0 amide bonds. The van der Waals surface area contributed by atoms with Crippen molar-refractivity contribution < 1.29 is 19.7 Å². The fraction of sp³-hybridized carbons (Fsp3) is 0.833. The largest absolute Gasteiger partial charge is 0.480 e. The summed E-state index contributed by atoms with van der Waals surface area (Å²) in [7, 11) is 1.49. The second-order valence-corrected chi connectivity index (χ2v) is 2.11. The van der Waals surface area contributed by atoms with Gasteiger partial charge in [-0.25, -0.2) is 0 Å². The molecular formula is C6H13NO4. The number of carbonyl (C=O) groups is 1. The van der Waals surface area contributed by atoms with Crippen LogP contribution in [0.5, 0.6) is 0 Å². The van der Waals surface area contributed by atoms with E-state index >= 15 is 0 Å². The van der Waals surface area contributed by atoms with Gasteiger partial charge in [0, 0.05) is 7.11 Å². The lowest BCUT2D eigenvalue weighted by Gasteiger charge is -2.12. The Morgan fingerprint density at radius 1 is 1.73 bits per heavy atom. The van der Waals surface area contributed by atoms with Gasteiger partial charge in [0.2, 0.25) is 0 Å². The molecule has 0 rings (SSSR count). The molecule has 0 saturated carbocycles. The highest BCUT2D eigenvalue weighted by Gasteiger charge is 2.06. The third kappa shape index (κ3) is 5.78. The van der Waals surface area contributed by atoms with Gasteiger partial charge in [0.1, 0.15) is 0 Å². The van der Waals surface area contributed by atoms with Gasteiger partial charge in [0.05, 0.1) is 25.8 Å². The molecule has 0 aliphatic rings. The Hall–Kier alpha value is -0.650. The SMILES string of the molecule is COCC(CO)NCC(=O)O. The van der Waals surface area contributed by atoms with E-state index in [1.165, 1.54) is 7.11 Å². The molecule has 1 unspecified atom stereocenters. The lowest BCUT2D eigenvalue weighted by atomic mass is 10.3. The number of rotatable bonds is 6. The van der Waals surface area contributed by atoms with Crippen LogP contribution in [0.2, 0.25) is 0 Å². The first-order valence-electron chi connectivity index (χ1n) is 3.25. The van der Waals surface area contributed by atoms with E-state index < -0.39 is 5.97 Å². The number of ether oxygens (including phenoxy) is 1. The zero-order valence-electron chi connectivity index (χ0n) is 6.41. The highest BCUT2D eigenvalue weighted by atomic mass is 16.5. The first-order valence-corrected chi connectivity index (χ1v) is 3.25. The number of hydrogen-bond donors (Lipinski definition) is 3. The number of nitrogens with one attached hydrogen (secondary N) is 1. The number of aliphatic hydroxyl groups is 1. The zero-order chi connectivity index (χ0) is 8.69. The average molecular weight is 163 g/mol. The molecule has 0 aromatic heterocycles. The molecule has 0 aromatic rings. The van der Waals surface area contributed by atoms with Gasteiger partial charge in [0.15, 0.2) is 0 Å². The van der Waals surface area contributed by atoms with Gasteiger partial charge in [-0.3, -0.25) is 10.1 Å². The quantitative estimate of drug-likeness (QED) is 0.452. The third-order valence-corrected chi connectivity index (χ3v) is 1.13. The molecule has 3 N–H and O–H groups in total. The van der Waals surface area contributed by atoms with Gasteiger partial charge in [-0.05, 0) is 0 Å². The van der Waals surface area contributed by atoms with E-state index in [4.69, 9.17) is 14.9 Å². The molecule has 0 aromatic carbocycles. The Kier molecular flexibility index (Phi) is 5.73. The molecule has 0 saturated heterocycles. The predicted octanol–water partition coefficient (Wildman–Crippen LogP) is -1.33. The van der Waals surface area contributed by atoms with Crippen molar-refractivity contribution in [1.82, 2.24) is 5.32 Å². The predicted molar refractivity (Wildman–Crippen MR) is 38.4 cm³/mol. The van der Waals surface area contributed by atoms with Crippen LogP contribution in [0.15, 0.2) is 0 Å². The lowest BCUT2D eigenvalue weighted by molar-refractivity contribution is -0.136. The summed E-state index contributed by atoms with van der Waals surface area (Å²) >= 11 is 0. The van der Waals surface area contributed by atoms with Gasteiger partial charge in [-0.2, -0.15) is 0 Å². The maximum atomic E-state index is 10.0. The number of carboxylic acid groups (broad SMARTS) is 1. The lowest BCUT2D eigenvalue weighted by Crippen LogP contribution is -2.39. The van der Waals surface area contributed by atoms with Crippen molar-refractivity contribution in [3.05, 3.63) is 0 Å². The van der Waals surface area contributed by atoms with Gasteiger partial charge < -0.3 is 14.9 Å². The van der Waals surface area contributed by atoms with Crippen LogP contribution in [0.3, 0.4) is 0 Å². The fourth-order valence-corrected chi connectivity index (χ4v) is 0.609. The smallest absolute Gasteiger partial charge is 0.317 e. The number of methoxy groups -OCH3 is 1. The summed E-state index contributed by atoms with van der Waals surface area (Å²) in [6.07, 6.45) is 0. The van der Waals surface area contributed by atoms with Crippen LogP contribution in [0.25, 0.3) is 0 Å². The van der Waals surface area contributed by atoms with E-state index in [0.29, 0.717) is 6.61 Å². The second kappa shape index (κ2) is 6.09. The maximum Gasteiger partial charge on any atom is 0.317 e. The van der Waals surface area contributed by atoms with Gasteiger partial charge in [-0.15, -0.1) is 0 Å². The molecule has 0 bridgehead atoms. The zero-order valence-corrected chi connectivity index (χ0v) is 6.41. The van der Waals surface area contributed by atoms with Crippen LogP contribution in [-0.4, -0.2) is 49.1 Å². The second-order valence-electron chi connectivity index (χ2n) is 2.11. The minimum absolute atomic E-state index is 0.124. The van der Waals surface area contributed by atoms with Crippen LogP contribution in [0.1, 0.15) is 0 Å². The molecule has 0 spiro atoms. The molecule has 0 heterocycles.